The summed E-state index contributed by atoms with van der Waals surface area (Å²) in [4.78, 5) is 23.8. The third kappa shape index (κ3) is 5.83. The first-order valence-corrected chi connectivity index (χ1v) is 10.5. The molecule has 1 aliphatic rings. The zero-order valence-electron chi connectivity index (χ0n) is 13.7. The molecule has 0 unspecified atom stereocenters. The molecule has 1 N–H and O–H groups in total. The number of amides is 1. The third-order valence-electron chi connectivity index (χ3n) is 3.62. The number of carbonyl (C=O) groups excluding carboxylic acids is 2. The molecule has 0 bridgehead atoms. The van der Waals surface area contributed by atoms with E-state index in [4.69, 9.17) is 4.74 Å². The average molecular weight is 371 g/mol. The zero-order valence-corrected chi connectivity index (χ0v) is 15.3. The van der Waals surface area contributed by atoms with Crippen molar-refractivity contribution in [2.75, 3.05) is 22.6 Å². The van der Waals surface area contributed by atoms with E-state index < -0.39 is 27.8 Å². The van der Waals surface area contributed by atoms with Crippen LogP contribution >= 0.6 is 11.8 Å². The maximum Gasteiger partial charge on any atom is 0.316 e. The summed E-state index contributed by atoms with van der Waals surface area (Å²) in [6, 6.07) is 7.30. The molecule has 6 nitrogen and oxygen atoms in total. The van der Waals surface area contributed by atoms with E-state index in [1.165, 1.54) is 18.7 Å². The average Bonchev–Trinajstić information content (AvgIpc) is 2.86. The lowest BCUT2D eigenvalue weighted by atomic mass is 10.2. The molecule has 1 amide bonds. The summed E-state index contributed by atoms with van der Waals surface area (Å²) in [5, 5.41) is 2.61. The van der Waals surface area contributed by atoms with Crippen molar-refractivity contribution >= 4 is 39.2 Å². The summed E-state index contributed by atoms with van der Waals surface area (Å²) in [6.45, 7) is 3.45. The van der Waals surface area contributed by atoms with Crippen molar-refractivity contribution in [2.45, 2.75) is 31.6 Å². The first kappa shape index (κ1) is 18.8. The van der Waals surface area contributed by atoms with Crippen LogP contribution < -0.4 is 5.32 Å². The number of hydrogen-bond acceptors (Lipinski definition) is 6. The van der Waals surface area contributed by atoms with Gasteiger partial charge >= 0.3 is 5.97 Å². The Morgan fingerprint density at radius 2 is 2.00 bits per heavy atom. The van der Waals surface area contributed by atoms with E-state index in [1.54, 1.807) is 12.1 Å². The van der Waals surface area contributed by atoms with Gasteiger partial charge in [-0.15, -0.1) is 11.8 Å². The highest BCUT2D eigenvalue weighted by molar-refractivity contribution is 8.02. The van der Waals surface area contributed by atoms with Gasteiger partial charge in [0.1, 0.15) is 0 Å². The molecule has 1 aromatic carbocycles. The number of thioether (sulfide) groups is 1. The number of carbonyl (C=O) groups is 2. The Morgan fingerprint density at radius 1 is 1.33 bits per heavy atom. The van der Waals surface area contributed by atoms with Crippen molar-refractivity contribution < 1.29 is 22.7 Å². The van der Waals surface area contributed by atoms with Gasteiger partial charge in [0.15, 0.2) is 15.9 Å². The normalized spacial score (nSPS) is 20.3. The highest BCUT2D eigenvalue weighted by Crippen LogP contribution is 2.24. The van der Waals surface area contributed by atoms with Gasteiger partial charge in [-0.3, -0.25) is 9.59 Å². The fourth-order valence-corrected chi connectivity index (χ4v) is 5.67. The van der Waals surface area contributed by atoms with Crippen LogP contribution in [-0.4, -0.2) is 48.9 Å². The van der Waals surface area contributed by atoms with Gasteiger partial charge in [-0.1, -0.05) is 17.7 Å². The second-order valence-corrected chi connectivity index (χ2v) is 9.34. The second-order valence-electron chi connectivity index (χ2n) is 5.82. The molecular formula is C16H21NO5S2. The minimum atomic E-state index is -2.95. The highest BCUT2D eigenvalue weighted by Gasteiger charge is 2.29. The van der Waals surface area contributed by atoms with Gasteiger partial charge in [-0.25, -0.2) is 8.42 Å². The first-order valence-electron chi connectivity index (χ1n) is 7.64. The maximum absolute atomic E-state index is 12.0. The molecule has 1 aromatic rings. The fraction of sp³-hybridized carbons (Fsp3) is 0.500. The Labute approximate surface area is 146 Å². The summed E-state index contributed by atoms with van der Waals surface area (Å²) in [5.74, 6) is -0.595. The maximum atomic E-state index is 12.0. The molecule has 0 spiro atoms. The van der Waals surface area contributed by atoms with Gasteiger partial charge in [-0.2, -0.15) is 0 Å². The van der Waals surface area contributed by atoms with Crippen molar-refractivity contribution in [1.82, 2.24) is 0 Å². The molecule has 132 valence electrons. The molecule has 1 heterocycles. The predicted octanol–water partition coefficient (Wildman–Crippen LogP) is 1.79. The number of rotatable bonds is 6. The van der Waals surface area contributed by atoms with Crippen LogP contribution in [0.1, 0.15) is 18.9 Å². The lowest BCUT2D eigenvalue weighted by Gasteiger charge is -2.14. The molecule has 8 heteroatoms. The van der Waals surface area contributed by atoms with Crippen LogP contribution in [0, 0.1) is 6.92 Å². The Morgan fingerprint density at radius 3 is 2.58 bits per heavy atom. The predicted molar refractivity (Wildman–Crippen MR) is 94.9 cm³/mol. The van der Waals surface area contributed by atoms with Gasteiger partial charge in [-0.05, 0) is 32.4 Å². The lowest BCUT2D eigenvalue weighted by Crippen LogP contribution is -2.30. The standard InChI is InChI=1S/C16H21NO5S2/c1-11-3-5-13(6-4-11)17-16(19)12(2)22-15(18)9-23-14-7-8-24(20,21)10-14/h3-6,12,14H,7-10H2,1-2H3,(H,17,19)/t12-,14-/m0/s1. The van der Waals surface area contributed by atoms with E-state index in [2.05, 4.69) is 5.32 Å². The molecule has 0 radical (unpaired) electrons. The van der Waals surface area contributed by atoms with Gasteiger partial charge in [0.2, 0.25) is 0 Å². The summed E-state index contributed by atoms with van der Waals surface area (Å²) < 4.78 is 27.8. The number of benzene rings is 1. The molecule has 1 saturated heterocycles. The first-order chi connectivity index (χ1) is 11.2. The molecule has 1 aliphatic heterocycles. The minimum absolute atomic E-state index is 0.0440. The molecule has 24 heavy (non-hydrogen) atoms. The number of nitrogens with one attached hydrogen (secondary N) is 1. The van der Waals surface area contributed by atoms with Crippen LogP contribution in [0.15, 0.2) is 24.3 Å². The van der Waals surface area contributed by atoms with E-state index in [0.717, 1.165) is 5.56 Å². The molecule has 0 saturated carbocycles. The lowest BCUT2D eigenvalue weighted by molar-refractivity contribution is -0.150. The van der Waals surface area contributed by atoms with E-state index in [0.29, 0.717) is 12.1 Å². The van der Waals surface area contributed by atoms with Crippen LogP contribution in [0.25, 0.3) is 0 Å². The van der Waals surface area contributed by atoms with Crippen LogP contribution in [0.2, 0.25) is 0 Å². The van der Waals surface area contributed by atoms with Crippen LogP contribution in [0.4, 0.5) is 5.69 Å². The SMILES string of the molecule is Cc1ccc(NC(=O)[C@H](C)OC(=O)CS[C@H]2CCS(=O)(=O)C2)cc1. The van der Waals surface area contributed by atoms with E-state index in [-0.39, 0.29) is 22.5 Å². The van der Waals surface area contributed by atoms with Crippen molar-refractivity contribution in [3.63, 3.8) is 0 Å². The van der Waals surface area contributed by atoms with Crippen LogP contribution in [0.5, 0.6) is 0 Å². The summed E-state index contributed by atoms with van der Waals surface area (Å²) in [6.07, 6.45) is -0.351. The number of ether oxygens (including phenoxy) is 1. The number of anilines is 1. The Bertz CT molecular complexity index is 700. The zero-order chi connectivity index (χ0) is 17.7. The van der Waals surface area contributed by atoms with Crippen molar-refractivity contribution in [1.29, 1.82) is 0 Å². The molecule has 1 fully saturated rings. The minimum Gasteiger partial charge on any atom is -0.452 e. The third-order valence-corrected chi connectivity index (χ3v) is 6.88. The van der Waals surface area contributed by atoms with Gasteiger partial charge in [0, 0.05) is 10.9 Å². The fourth-order valence-electron chi connectivity index (χ4n) is 2.24. The Hall–Kier alpha value is -1.54. The summed E-state index contributed by atoms with van der Waals surface area (Å²) in [7, 11) is -2.95. The molecular weight excluding hydrogens is 350 g/mol. The van der Waals surface area contributed by atoms with Gasteiger partial charge in [0.25, 0.3) is 5.91 Å². The van der Waals surface area contributed by atoms with Crippen LogP contribution in [-0.2, 0) is 24.2 Å². The van der Waals surface area contributed by atoms with E-state index in [1.807, 2.05) is 19.1 Å². The largest absolute Gasteiger partial charge is 0.452 e. The van der Waals surface area contributed by atoms with Crippen molar-refractivity contribution in [3.8, 4) is 0 Å². The van der Waals surface area contributed by atoms with E-state index >= 15 is 0 Å². The molecule has 0 aliphatic carbocycles. The number of esters is 1. The topological polar surface area (TPSA) is 89.5 Å². The van der Waals surface area contributed by atoms with Gasteiger partial charge in [0.05, 0.1) is 17.3 Å². The quantitative estimate of drug-likeness (QED) is 0.767. The molecule has 2 rings (SSSR count). The summed E-state index contributed by atoms with van der Waals surface area (Å²) >= 11 is 1.27. The highest BCUT2D eigenvalue weighted by atomic mass is 32.2. The Balaban J connectivity index is 1.74. The number of hydrogen-bond donors (Lipinski definition) is 1. The van der Waals surface area contributed by atoms with Crippen molar-refractivity contribution in [2.24, 2.45) is 0 Å². The summed E-state index contributed by atoms with van der Waals surface area (Å²) in [5.41, 5.74) is 1.72. The number of aryl methyl sites for hydroxylation is 1. The monoisotopic (exact) mass is 371 g/mol. The van der Waals surface area contributed by atoms with Crippen LogP contribution in [0.3, 0.4) is 0 Å². The smallest absolute Gasteiger partial charge is 0.316 e. The second kappa shape index (κ2) is 8.02. The van der Waals surface area contributed by atoms with Crippen molar-refractivity contribution in [3.05, 3.63) is 29.8 Å². The van der Waals surface area contributed by atoms with E-state index in [9.17, 15) is 18.0 Å². The number of sulfone groups is 1. The Kier molecular flexibility index (Phi) is 6.28. The molecule has 0 aromatic heterocycles. The molecule has 2 atom stereocenters. The van der Waals surface area contributed by atoms with Gasteiger partial charge < -0.3 is 10.1 Å².